The lowest BCUT2D eigenvalue weighted by Crippen LogP contribution is -2.38. The van der Waals surface area contributed by atoms with Gasteiger partial charge >= 0.3 is 0 Å². The highest BCUT2D eigenvalue weighted by molar-refractivity contribution is 14.0. The van der Waals surface area contributed by atoms with Crippen LogP contribution in [0.1, 0.15) is 36.6 Å². The maximum absolute atomic E-state index is 4.82. The zero-order valence-electron chi connectivity index (χ0n) is 17.1. The highest BCUT2D eigenvalue weighted by Crippen LogP contribution is 2.24. The molecule has 0 radical (unpaired) electrons. The van der Waals surface area contributed by atoms with Crippen LogP contribution < -0.4 is 10.2 Å². The summed E-state index contributed by atoms with van der Waals surface area (Å²) in [5.74, 6) is 0.954. The van der Waals surface area contributed by atoms with Crippen molar-refractivity contribution in [2.45, 2.75) is 39.7 Å². The van der Waals surface area contributed by atoms with E-state index < -0.39 is 0 Å². The Kier molecular flexibility index (Phi) is 9.50. The maximum Gasteiger partial charge on any atom is 0.193 e. The molecule has 0 saturated carbocycles. The summed E-state index contributed by atoms with van der Waals surface area (Å²) in [5, 5.41) is 6.77. The van der Waals surface area contributed by atoms with E-state index >= 15 is 0 Å². The van der Waals surface area contributed by atoms with Crippen molar-refractivity contribution in [2.75, 3.05) is 38.1 Å². The van der Waals surface area contributed by atoms with Crippen molar-refractivity contribution in [3.8, 4) is 0 Å². The highest BCUT2D eigenvalue weighted by atomic mass is 127. The molecule has 1 aromatic carbocycles. The molecule has 2 aromatic rings. The average Bonchev–Trinajstić information content (AvgIpc) is 3.34. The fraction of sp³-hybridized carbons (Fsp3) is 0.524. The Morgan fingerprint density at radius 3 is 2.75 bits per heavy atom. The first kappa shape index (κ1) is 22.9. The van der Waals surface area contributed by atoms with Gasteiger partial charge in [-0.05, 0) is 37.8 Å². The first-order valence-electron chi connectivity index (χ1n) is 9.90. The summed E-state index contributed by atoms with van der Waals surface area (Å²) in [6, 6.07) is 8.53. The summed E-state index contributed by atoms with van der Waals surface area (Å²) in [4.78, 5) is 14.2. The molecule has 1 aromatic heterocycles. The van der Waals surface area contributed by atoms with Crippen molar-refractivity contribution < 1.29 is 0 Å². The minimum atomic E-state index is 0. The van der Waals surface area contributed by atoms with Crippen LogP contribution in [0.25, 0.3) is 0 Å². The number of anilines is 1. The monoisotopic (exact) mass is 513 g/mol. The van der Waals surface area contributed by atoms with Crippen molar-refractivity contribution in [2.24, 2.45) is 4.99 Å². The van der Waals surface area contributed by atoms with Gasteiger partial charge in [0.15, 0.2) is 11.1 Å². The molecule has 5 nitrogen and oxygen atoms in total. The molecule has 0 spiro atoms. The van der Waals surface area contributed by atoms with Gasteiger partial charge in [-0.25, -0.2) is 4.98 Å². The normalized spacial score (nSPS) is 14.1. The van der Waals surface area contributed by atoms with E-state index in [0.29, 0.717) is 0 Å². The molecule has 7 heteroatoms. The second-order valence-electron chi connectivity index (χ2n) is 7.08. The first-order chi connectivity index (χ1) is 13.2. The smallest absolute Gasteiger partial charge is 0.193 e. The molecule has 1 aliphatic rings. The van der Waals surface area contributed by atoms with Gasteiger partial charge in [-0.3, -0.25) is 4.99 Å². The van der Waals surface area contributed by atoms with Crippen LogP contribution in [0.3, 0.4) is 0 Å². The number of hydrogen-bond donors (Lipinski definition) is 1. The molecule has 0 atom stereocenters. The molecule has 3 rings (SSSR count). The van der Waals surface area contributed by atoms with Crippen LogP contribution in [-0.2, 0) is 13.0 Å². The standard InChI is InChI=1S/C21H31N5S.HI/c1-4-22-20(25(3)15-18-10-6-5-9-17(18)2)23-12-11-19-16-27-21(24-19)26-13-7-8-14-26;/h5-6,9-10,16H,4,7-8,11-15H2,1-3H3,(H,22,23);1H. The van der Waals surface area contributed by atoms with Crippen LogP contribution in [0.5, 0.6) is 0 Å². The van der Waals surface area contributed by atoms with Crippen LogP contribution in [0, 0.1) is 6.92 Å². The Labute approximate surface area is 190 Å². The number of nitrogens with one attached hydrogen (secondary N) is 1. The van der Waals surface area contributed by atoms with Crippen molar-refractivity contribution >= 4 is 46.4 Å². The second kappa shape index (κ2) is 11.6. The number of rotatable bonds is 7. The van der Waals surface area contributed by atoms with Gasteiger partial charge in [0.2, 0.25) is 0 Å². The average molecular weight is 513 g/mol. The van der Waals surface area contributed by atoms with Gasteiger partial charge in [0.25, 0.3) is 0 Å². The Morgan fingerprint density at radius 1 is 1.29 bits per heavy atom. The number of benzene rings is 1. The minimum absolute atomic E-state index is 0. The van der Waals surface area contributed by atoms with E-state index in [0.717, 1.165) is 50.8 Å². The van der Waals surface area contributed by atoms with E-state index in [1.54, 1.807) is 11.3 Å². The summed E-state index contributed by atoms with van der Waals surface area (Å²) in [7, 11) is 2.10. The topological polar surface area (TPSA) is 43.8 Å². The zero-order chi connectivity index (χ0) is 19.1. The molecular formula is C21H32IN5S. The summed E-state index contributed by atoms with van der Waals surface area (Å²) in [5.41, 5.74) is 3.81. The lowest BCUT2D eigenvalue weighted by molar-refractivity contribution is 0.475. The Hall–Kier alpha value is -1.35. The number of hydrogen-bond acceptors (Lipinski definition) is 4. The Balaban J connectivity index is 0.00000280. The van der Waals surface area contributed by atoms with Crippen LogP contribution in [0.2, 0.25) is 0 Å². The molecule has 0 unspecified atom stereocenters. The highest BCUT2D eigenvalue weighted by Gasteiger charge is 2.15. The fourth-order valence-electron chi connectivity index (χ4n) is 3.33. The third-order valence-corrected chi connectivity index (χ3v) is 5.86. The second-order valence-corrected chi connectivity index (χ2v) is 7.92. The number of aromatic nitrogens is 1. The Bertz CT molecular complexity index is 755. The number of thiazole rings is 1. The number of aliphatic imine (C=N–C) groups is 1. The summed E-state index contributed by atoms with van der Waals surface area (Å²) >= 11 is 1.77. The number of halogens is 1. The molecule has 0 aliphatic carbocycles. The minimum Gasteiger partial charge on any atom is -0.357 e. The van der Waals surface area contributed by atoms with Crippen molar-refractivity contribution in [3.05, 3.63) is 46.5 Å². The predicted octanol–water partition coefficient (Wildman–Crippen LogP) is 4.31. The van der Waals surface area contributed by atoms with Crippen LogP contribution >= 0.6 is 35.3 Å². The van der Waals surface area contributed by atoms with E-state index in [2.05, 4.69) is 65.7 Å². The van der Waals surface area contributed by atoms with Crippen LogP contribution in [0.4, 0.5) is 5.13 Å². The van der Waals surface area contributed by atoms with Gasteiger partial charge in [0, 0.05) is 51.6 Å². The van der Waals surface area contributed by atoms with Gasteiger partial charge in [0.05, 0.1) is 5.69 Å². The SMILES string of the molecule is CCNC(=NCCc1csc(N2CCCC2)n1)N(C)Cc1ccccc1C.I. The molecule has 1 aliphatic heterocycles. The third-order valence-electron chi connectivity index (χ3n) is 4.91. The number of aryl methyl sites for hydroxylation is 1. The molecule has 1 fully saturated rings. The fourth-order valence-corrected chi connectivity index (χ4v) is 4.24. The summed E-state index contributed by atoms with van der Waals surface area (Å²) < 4.78 is 0. The quantitative estimate of drug-likeness (QED) is 0.341. The van der Waals surface area contributed by atoms with Crippen LogP contribution in [0.15, 0.2) is 34.6 Å². The largest absolute Gasteiger partial charge is 0.357 e. The van der Waals surface area contributed by atoms with E-state index in [1.165, 1.54) is 29.1 Å². The molecule has 1 N–H and O–H groups in total. The molecule has 2 heterocycles. The van der Waals surface area contributed by atoms with Crippen molar-refractivity contribution in [1.29, 1.82) is 0 Å². The molecule has 28 heavy (non-hydrogen) atoms. The predicted molar refractivity (Wildman–Crippen MR) is 131 cm³/mol. The lowest BCUT2D eigenvalue weighted by atomic mass is 10.1. The molecule has 154 valence electrons. The van der Waals surface area contributed by atoms with Crippen LogP contribution in [-0.4, -0.2) is 49.1 Å². The van der Waals surface area contributed by atoms with E-state index in [-0.39, 0.29) is 24.0 Å². The van der Waals surface area contributed by atoms with Gasteiger partial charge < -0.3 is 15.1 Å². The van der Waals surface area contributed by atoms with E-state index in [1.807, 2.05) is 0 Å². The number of guanidine groups is 1. The van der Waals surface area contributed by atoms with E-state index in [4.69, 9.17) is 9.98 Å². The lowest BCUT2D eigenvalue weighted by Gasteiger charge is -2.23. The molecule has 0 amide bonds. The number of nitrogens with zero attached hydrogens (tertiary/aromatic N) is 4. The van der Waals surface area contributed by atoms with Gasteiger partial charge in [-0.15, -0.1) is 35.3 Å². The van der Waals surface area contributed by atoms with Crippen molar-refractivity contribution in [1.82, 2.24) is 15.2 Å². The van der Waals surface area contributed by atoms with Gasteiger partial charge in [0.1, 0.15) is 0 Å². The van der Waals surface area contributed by atoms with E-state index in [9.17, 15) is 0 Å². The molecule has 1 saturated heterocycles. The maximum atomic E-state index is 4.82. The first-order valence-corrected chi connectivity index (χ1v) is 10.8. The summed E-state index contributed by atoms with van der Waals surface area (Å²) in [6.07, 6.45) is 3.47. The zero-order valence-corrected chi connectivity index (χ0v) is 20.3. The van der Waals surface area contributed by atoms with Gasteiger partial charge in [-0.2, -0.15) is 0 Å². The Morgan fingerprint density at radius 2 is 2.04 bits per heavy atom. The summed E-state index contributed by atoms with van der Waals surface area (Å²) in [6.45, 7) is 9.05. The van der Waals surface area contributed by atoms with Gasteiger partial charge in [-0.1, -0.05) is 24.3 Å². The molecular weight excluding hydrogens is 481 g/mol. The molecule has 0 bridgehead atoms. The van der Waals surface area contributed by atoms with Crippen molar-refractivity contribution in [3.63, 3.8) is 0 Å². The third kappa shape index (κ3) is 6.34.